The van der Waals surface area contributed by atoms with Crippen LogP contribution in [0, 0.1) is 5.82 Å². The van der Waals surface area contributed by atoms with Crippen LogP contribution in [0.3, 0.4) is 0 Å². The smallest absolute Gasteiger partial charge is 0.280 e. The number of aliphatic imine (C=N–C) groups is 1. The fourth-order valence-electron chi connectivity index (χ4n) is 3.47. The number of ether oxygens (including phenoxy) is 1. The molecule has 8 nitrogen and oxygen atoms in total. The monoisotopic (exact) mass is 380 g/mol. The lowest BCUT2D eigenvalue weighted by Crippen LogP contribution is -2.09. The Labute approximate surface area is 159 Å². The third-order valence-electron chi connectivity index (χ3n) is 4.87. The Hall–Kier alpha value is -3.20. The molecule has 1 saturated heterocycles. The molecule has 1 aromatic carbocycles. The van der Waals surface area contributed by atoms with Gasteiger partial charge in [-0.15, -0.1) is 5.10 Å². The molecule has 2 atom stereocenters. The van der Waals surface area contributed by atoms with E-state index in [0.717, 1.165) is 12.8 Å². The van der Waals surface area contributed by atoms with Gasteiger partial charge in [0, 0.05) is 24.9 Å². The molecule has 2 unspecified atom stereocenters. The standard InChI is InChI=1S/C19H17FN6O2/c20-13-4-1-2-5-14(13)26-17(15-6-3-11-27-15)16(23-25-26)19-22-18(24-28-19)12-7-9-21-10-8-12/h1-2,4-5,7,9-10,12,15H,3,6,8,11H2. The Kier molecular flexibility index (Phi) is 4.28. The van der Waals surface area contributed by atoms with Crippen LogP contribution in [0.4, 0.5) is 4.39 Å². The minimum Gasteiger partial charge on any atom is -0.372 e. The number of hydrogen-bond acceptors (Lipinski definition) is 7. The van der Waals surface area contributed by atoms with E-state index in [4.69, 9.17) is 9.26 Å². The molecule has 0 saturated carbocycles. The number of benzene rings is 1. The van der Waals surface area contributed by atoms with Crippen molar-refractivity contribution in [3.05, 3.63) is 53.9 Å². The zero-order valence-corrected chi connectivity index (χ0v) is 14.9. The average molecular weight is 380 g/mol. The zero-order chi connectivity index (χ0) is 18.9. The van der Waals surface area contributed by atoms with Crippen molar-refractivity contribution in [1.29, 1.82) is 0 Å². The van der Waals surface area contributed by atoms with Gasteiger partial charge in [-0.3, -0.25) is 4.99 Å². The Bertz CT molecular complexity index is 1050. The van der Waals surface area contributed by atoms with Crippen LogP contribution in [0.1, 0.15) is 42.8 Å². The fourth-order valence-corrected chi connectivity index (χ4v) is 3.47. The molecule has 2 aliphatic heterocycles. The SMILES string of the molecule is Fc1ccccc1-n1nnc(-c2nc(C3C=CN=CC3)no2)c1C1CCCO1. The van der Waals surface area contributed by atoms with Crippen LogP contribution < -0.4 is 0 Å². The van der Waals surface area contributed by atoms with E-state index in [1.54, 1.807) is 24.4 Å². The molecule has 0 N–H and O–H groups in total. The molecule has 142 valence electrons. The van der Waals surface area contributed by atoms with E-state index in [9.17, 15) is 4.39 Å². The maximum absolute atomic E-state index is 14.4. The topological polar surface area (TPSA) is 91.2 Å². The molecule has 0 bridgehead atoms. The highest BCUT2D eigenvalue weighted by Crippen LogP contribution is 2.36. The number of nitrogens with zero attached hydrogens (tertiary/aromatic N) is 6. The molecule has 1 fully saturated rings. The molecule has 0 amide bonds. The van der Waals surface area contributed by atoms with Gasteiger partial charge in [-0.2, -0.15) is 4.98 Å². The first-order chi connectivity index (χ1) is 13.8. The van der Waals surface area contributed by atoms with Crippen molar-refractivity contribution in [1.82, 2.24) is 25.1 Å². The van der Waals surface area contributed by atoms with Crippen LogP contribution in [-0.2, 0) is 4.74 Å². The normalized spacial score (nSPS) is 21.5. The fraction of sp³-hybridized carbons (Fsp3) is 0.316. The molecule has 0 aliphatic carbocycles. The van der Waals surface area contributed by atoms with Crippen molar-refractivity contribution in [2.45, 2.75) is 31.3 Å². The lowest BCUT2D eigenvalue weighted by molar-refractivity contribution is 0.107. The summed E-state index contributed by atoms with van der Waals surface area (Å²) < 4.78 is 27.2. The summed E-state index contributed by atoms with van der Waals surface area (Å²) in [5.74, 6) is 0.411. The summed E-state index contributed by atoms with van der Waals surface area (Å²) in [6.07, 6.45) is 7.60. The Morgan fingerprint density at radius 2 is 2.14 bits per heavy atom. The first kappa shape index (κ1) is 16.9. The molecule has 3 aromatic rings. The van der Waals surface area contributed by atoms with E-state index in [1.165, 1.54) is 10.7 Å². The van der Waals surface area contributed by atoms with Crippen LogP contribution >= 0.6 is 0 Å². The van der Waals surface area contributed by atoms with Gasteiger partial charge >= 0.3 is 0 Å². The highest BCUT2D eigenvalue weighted by atomic mass is 19.1. The first-order valence-electron chi connectivity index (χ1n) is 9.15. The summed E-state index contributed by atoms with van der Waals surface area (Å²) >= 11 is 0. The average Bonchev–Trinajstić information content (AvgIpc) is 3.48. The molecule has 0 spiro atoms. The third-order valence-corrected chi connectivity index (χ3v) is 4.87. The van der Waals surface area contributed by atoms with Crippen molar-refractivity contribution in [2.24, 2.45) is 4.99 Å². The van der Waals surface area contributed by atoms with Gasteiger partial charge in [0.15, 0.2) is 11.5 Å². The van der Waals surface area contributed by atoms with E-state index >= 15 is 0 Å². The third kappa shape index (κ3) is 2.93. The maximum atomic E-state index is 14.4. The summed E-state index contributed by atoms with van der Waals surface area (Å²) in [7, 11) is 0. The van der Waals surface area contributed by atoms with Crippen LogP contribution in [-0.4, -0.2) is 38.0 Å². The predicted molar refractivity (Wildman–Crippen MR) is 97.5 cm³/mol. The maximum Gasteiger partial charge on any atom is 0.280 e. The van der Waals surface area contributed by atoms with Gasteiger partial charge in [0.1, 0.15) is 23.3 Å². The van der Waals surface area contributed by atoms with E-state index in [-0.39, 0.29) is 17.9 Å². The predicted octanol–water partition coefficient (Wildman–Crippen LogP) is 3.38. The van der Waals surface area contributed by atoms with Crippen molar-refractivity contribution in [2.75, 3.05) is 6.61 Å². The van der Waals surface area contributed by atoms with Gasteiger partial charge in [0.05, 0.1) is 0 Å². The highest BCUT2D eigenvalue weighted by Gasteiger charge is 2.31. The summed E-state index contributed by atoms with van der Waals surface area (Å²) in [6.45, 7) is 0.633. The Balaban J connectivity index is 1.58. The molecule has 28 heavy (non-hydrogen) atoms. The zero-order valence-electron chi connectivity index (χ0n) is 14.9. The van der Waals surface area contributed by atoms with Gasteiger partial charge in [0.25, 0.3) is 5.89 Å². The Morgan fingerprint density at radius 3 is 2.93 bits per heavy atom. The highest BCUT2D eigenvalue weighted by molar-refractivity contribution is 5.61. The lowest BCUT2D eigenvalue weighted by atomic mass is 10.0. The summed E-state index contributed by atoms with van der Waals surface area (Å²) in [5.41, 5.74) is 1.35. The second kappa shape index (κ2) is 7.08. The van der Waals surface area contributed by atoms with Crippen molar-refractivity contribution >= 4 is 6.21 Å². The molecular weight excluding hydrogens is 363 g/mol. The number of rotatable bonds is 4. The van der Waals surface area contributed by atoms with Crippen LogP contribution in [0.5, 0.6) is 0 Å². The molecular formula is C19H17FN6O2. The van der Waals surface area contributed by atoms with E-state index in [1.807, 2.05) is 12.3 Å². The second-order valence-electron chi connectivity index (χ2n) is 6.66. The van der Waals surface area contributed by atoms with Gasteiger partial charge in [0.2, 0.25) is 0 Å². The van der Waals surface area contributed by atoms with Crippen LogP contribution in [0.15, 0.2) is 46.1 Å². The largest absolute Gasteiger partial charge is 0.372 e. The van der Waals surface area contributed by atoms with Gasteiger partial charge < -0.3 is 9.26 Å². The molecule has 0 radical (unpaired) electrons. The molecule has 2 aromatic heterocycles. The second-order valence-corrected chi connectivity index (χ2v) is 6.66. The summed E-state index contributed by atoms with van der Waals surface area (Å²) in [5, 5.41) is 12.5. The van der Waals surface area contributed by atoms with Crippen LogP contribution in [0.2, 0.25) is 0 Å². The number of allylic oxidation sites excluding steroid dienone is 1. The van der Waals surface area contributed by atoms with E-state index in [2.05, 4.69) is 25.4 Å². The van der Waals surface area contributed by atoms with Crippen molar-refractivity contribution < 1.29 is 13.7 Å². The summed E-state index contributed by atoms with van der Waals surface area (Å²) in [4.78, 5) is 8.57. The quantitative estimate of drug-likeness (QED) is 0.689. The molecule has 2 aliphatic rings. The number of hydrogen-bond donors (Lipinski definition) is 0. The molecule has 9 heteroatoms. The number of halogens is 1. The minimum absolute atomic E-state index is 0.00259. The Morgan fingerprint density at radius 1 is 1.21 bits per heavy atom. The van der Waals surface area contributed by atoms with Crippen LogP contribution in [0.25, 0.3) is 17.3 Å². The van der Waals surface area contributed by atoms with Gasteiger partial charge in [-0.1, -0.05) is 28.6 Å². The van der Waals surface area contributed by atoms with Gasteiger partial charge in [-0.25, -0.2) is 9.07 Å². The van der Waals surface area contributed by atoms with Crippen molar-refractivity contribution in [3.8, 4) is 17.3 Å². The lowest BCUT2D eigenvalue weighted by Gasteiger charge is -2.13. The van der Waals surface area contributed by atoms with E-state index < -0.39 is 5.82 Å². The number of para-hydroxylation sites is 1. The summed E-state index contributed by atoms with van der Waals surface area (Å²) in [6, 6.07) is 6.42. The molecule has 4 heterocycles. The minimum atomic E-state index is -0.393. The molecule has 5 rings (SSSR count). The van der Waals surface area contributed by atoms with Gasteiger partial charge in [-0.05, 0) is 31.4 Å². The van der Waals surface area contributed by atoms with Crippen molar-refractivity contribution in [3.63, 3.8) is 0 Å². The first-order valence-corrected chi connectivity index (χ1v) is 9.15. The number of aromatic nitrogens is 5. The van der Waals surface area contributed by atoms with E-state index in [0.29, 0.717) is 35.9 Å².